The SMILES string of the molecule is CC.CC.CCC1CNN1. The molecule has 1 aliphatic heterocycles. The van der Waals surface area contributed by atoms with Gasteiger partial charge in [0, 0.05) is 12.6 Å². The lowest BCUT2D eigenvalue weighted by Gasteiger charge is -2.27. The van der Waals surface area contributed by atoms with E-state index >= 15 is 0 Å². The third-order valence-electron chi connectivity index (χ3n) is 1.15. The van der Waals surface area contributed by atoms with Crippen molar-refractivity contribution in [2.75, 3.05) is 6.54 Å². The second-order valence-electron chi connectivity index (χ2n) is 1.63. The quantitative estimate of drug-likeness (QED) is 0.590. The average molecular weight is 146 g/mol. The minimum atomic E-state index is 0.755. The Hall–Kier alpha value is -0.0800. The monoisotopic (exact) mass is 146 g/mol. The first-order valence-electron chi connectivity index (χ1n) is 4.42. The molecule has 64 valence electrons. The molecule has 0 bridgehead atoms. The van der Waals surface area contributed by atoms with Gasteiger partial charge in [-0.3, -0.25) is 10.9 Å². The normalized spacial score (nSPS) is 20.7. The Kier molecular flexibility index (Phi) is 14.7. The molecule has 1 saturated heterocycles. The van der Waals surface area contributed by atoms with Gasteiger partial charge in [-0.2, -0.15) is 0 Å². The predicted molar refractivity (Wildman–Crippen MR) is 47.9 cm³/mol. The van der Waals surface area contributed by atoms with Crippen molar-refractivity contribution in [1.82, 2.24) is 10.9 Å². The molecule has 10 heavy (non-hydrogen) atoms. The molecule has 1 heterocycles. The molecular formula is C8H22N2. The van der Waals surface area contributed by atoms with Crippen molar-refractivity contribution in [3.8, 4) is 0 Å². The second-order valence-corrected chi connectivity index (χ2v) is 1.63. The predicted octanol–water partition coefficient (Wildman–Crippen LogP) is 1.93. The molecule has 0 aromatic heterocycles. The minimum Gasteiger partial charge on any atom is -0.256 e. The Labute approximate surface area is 65.4 Å². The zero-order valence-electron chi connectivity index (χ0n) is 7.99. The topological polar surface area (TPSA) is 24.1 Å². The summed E-state index contributed by atoms with van der Waals surface area (Å²) >= 11 is 0. The summed E-state index contributed by atoms with van der Waals surface area (Å²) in [5.74, 6) is 0. The van der Waals surface area contributed by atoms with Crippen LogP contribution in [0.2, 0.25) is 0 Å². The van der Waals surface area contributed by atoms with Crippen LogP contribution in [-0.4, -0.2) is 12.6 Å². The third-order valence-corrected chi connectivity index (χ3v) is 1.15. The number of hydrazine groups is 1. The molecule has 1 atom stereocenters. The molecule has 2 nitrogen and oxygen atoms in total. The zero-order valence-corrected chi connectivity index (χ0v) is 7.99. The van der Waals surface area contributed by atoms with Gasteiger partial charge in [0.2, 0.25) is 0 Å². The maximum absolute atomic E-state index is 3.05. The molecule has 0 radical (unpaired) electrons. The standard InChI is InChI=1S/C4H10N2.2C2H6/c1-2-4-3-5-6-4;2*1-2/h4-6H,2-3H2,1H3;2*1-2H3. The number of rotatable bonds is 1. The largest absolute Gasteiger partial charge is 0.256 e. The van der Waals surface area contributed by atoms with E-state index in [1.54, 1.807) is 0 Å². The van der Waals surface area contributed by atoms with Gasteiger partial charge in [-0.05, 0) is 6.42 Å². The number of hydrogen-bond acceptors (Lipinski definition) is 2. The molecule has 0 amide bonds. The van der Waals surface area contributed by atoms with Gasteiger partial charge in [-0.25, -0.2) is 0 Å². The summed E-state index contributed by atoms with van der Waals surface area (Å²) in [4.78, 5) is 0. The summed E-state index contributed by atoms with van der Waals surface area (Å²) in [6.45, 7) is 11.3. The van der Waals surface area contributed by atoms with Gasteiger partial charge in [0.15, 0.2) is 0 Å². The molecule has 0 aromatic rings. The summed E-state index contributed by atoms with van der Waals surface area (Å²) in [7, 11) is 0. The minimum absolute atomic E-state index is 0.755. The Balaban J connectivity index is 0. The first-order valence-corrected chi connectivity index (χ1v) is 4.42. The third kappa shape index (κ3) is 6.05. The maximum atomic E-state index is 3.05. The van der Waals surface area contributed by atoms with Gasteiger partial charge in [-0.15, -0.1) is 0 Å². The summed E-state index contributed by atoms with van der Waals surface area (Å²) in [5.41, 5.74) is 6.01. The molecule has 1 rings (SSSR count). The lowest BCUT2D eigenvalue weighted by Crippen LogP contribution is -2.58. The Morgan fingerprint density at radius 3 is 1.60 bits per heavy atom. The van der Waals surface area contributed by atoms with E-state index in [0.717, 1.165) is 12.6 Å². The van der Waals surface area contributed by atoms with Gasteiger partial charge in [0.1, 0.15) is 0 Å². The van der Waals surface area contributed by atoms with Crippen molar-refractivity contribution >= 4 is 0 Å². The van der Waals surface area contributed by atoms with Crippen LogP contribution in [0.25, 0.3) is 0 Å². The van der Waals surface area contributed by atoms with E-state index in [1.165, 1.54) is 6.42 Å². The first kappa shape index (κ1) is 12.6. The van der Waals surface area contributed by atoms with Gasteiger partial charge in [0.05, 0.1) is 0 Å². The van der Waals surface area contributed by atoms with E-state index in [1.807, 2.05) is 27.7 Å². The summed E-state index contributed by atoms with van der Waals surface area (Å²) in [6.07, 6.45) is 1.24. The highest BCUT2D eigenvalue weighted by atomic mass is 15.4. The van der Waals surface area contributed by atoms with Crippen molar-refractivity contribution in [2.24, 2.45) is 0 Å². The van der Waals surface area contributed by atoms with Crippen LogP contribution in [0.1, 0.15) is 41.0 Å². The number of hydrogen-bond donors (Lipinski definition) is 2. The summed E-state index contributed by atoms with van der Waals surface area (Å²) in [6, 6.07) is 0.755. The maximum Gasteiger partial charge on any atom is 0.0349 e. The second kappa shape index (κ2) is 11.7. The zero-order chi connectivity index (χ0) is 8.41. The molecule has 1 fully saturated rings. The van der Waals surface area contributed by atoms with Crippen molar-refractivity contribution in [2.45, 2.75) is 47.1 Å². The van der Waals surface area contributed by atoms with Gasteiger partial charge >= 0.3 is 0 Å². The first-order chi connectivity index (χ1) is 4.93. The Morgan fingerprint density at radius 1 is 1.20 bits per heavy atom. The van der Waals surface area contributed by atoms with Crippen LogP contribution in [-0.2, 0) is 0 Å². The van der Waals surface area contributed by atoms with E-state index in [9.17, 15) is 0 Å². The number of nitrogens with one attached hydrogen (secondary N) is 2. The molecule has 0 spiro atoms. The van der Waals surface area contributed by atoms with E-state index in [4.69, 9.17) is 0 Å². The van der Waals surface area contributed by atoms with Gasteiger partial charge < -0.3 is 0 Å². The lowest BCUT2D eigenvalue weighted by atomic mass is 10.2. The van der Waals surface area contributed by atoms with Crippen LogP contribution >= 0.6 is 0 Å². The fourth-order valence-corrected chi connectivity index (χ4v) is 0.493. The van der Waals surface area contributed by atoms with Crippen LogP contribution in [0.4, 0.5) is 0 Å². The van der Waals surface area contributed by atoms with E-state index in [0.29, 0.717) is 0 Å². The van der Waals surface area contributed by atoms with E-state index in [-0.39, 0.29) is 0 Å². The average Bonchev–Trinajstić information content (AvgIpc) is 1.95. The molecule has 2 N–H and O–H groups in total. The molecule has 0 saturated carbocycles. The molecule has 0 aromatic carbocycles. The van der Waals surface area contributed by atoms with Gasteiger partial charge in [-0.1, -0.05) is 34.6 Å². The Bertz CT molecular complexity index is 39.8. The van der Waals surface area contributed by atoms with Crippen LogP contribution < -0.4 is 10.9 Å². The Morgan fingerprint density at radius 2 is 1.60 bits per heavy atom. The molecule has 0 aliphatic carbocycles. The summed E-state index contributed by atoms with van der Waals surface area (Å²) in [5, 5.41) is 0. The summed E-state index contributed by atoms with van der Waals surface area (Å²) < 4.78 is 0. The highest BCUT2D eigenvalue weighted by molar-refractivity contribution is 4.71. The fraction of sp³-hybridized carbons (Fsp3) is 1.00. The van der Waals surface area contributed by atoms with Crippen molar-refractivity contribution in [1.29, 1.82) is 0 Å². The lowest BCUT2D eigenvalue weighted by molar-refractivity contribution is 0.293. The van der Waals surface area contributed by atoms with Crippen molar-refractivity contribution in [3.63, 3.8) is 0 Å². The molecule has 2 heteroatoms. The van der Waals surface area contributed by atoms with Crippen LogP contribution in [0.15, 0.2) is 0 Å². The molecule has 1 aliphatic rings. The van der Waals surface area contributed by atoms with Crippen LogP contribution in [0, 0.1) is 0 Å². The van der Waals surface area contributed by atoms with Gasteiger partial charge in [0.25, 0.3) is 0 Å². The molecular weight excluding hydrogens is 124 g/mol. The fourth-order valence-electron chi connectivity index (χ4n) is 0.493. The van der Waals surface area contributed by atoms with Crippen LogP contribution in [0.3, 0.4) is 0 Å². The molecule has 1 unspecified atom stereocenters. The highest BCUT2D eigenvalue weighted by Gasteiger charge is 2.10. The van der Waals surface area contributed by atoms with Crippen molar-refractivity contribution < 1.29 is 0 Å². The van der Waals surface area contributed by atoms with E-state index < -0.39 is 0 Å². The smallest absolute Gasteiger partial charge is 0.0349 e. The van der Waals surface area contributed by atoms with Crippen LogP contribution in [0.5, 0.6) is 0 Å². The van der Waals surface area contributed by atoms with E-state index in [2.05, 4.69) is 17.8 Å². The van der Waals surface area contributed by atoms with Crippen molar-refractivity contribution in [3.05, 3.63) is 0 Å². The highest BCUT2D eigenvalue weighted by Crippen LogP contribution is 1.91.